The van der Waals surface area contributed by atoms with Crippen LogP contribution in [-0.2, 0) is 20.3 Å². The molecule has 0 amide bonds. The van der Waals surface area contributed by atoms with Gasteiger partial charge in [0.25, 0.3) is 0 Å². The van der Waals surface area contributed by atoms with Crippen LogP contribution in [0.25, 0.3) is 0 Å². The van der Waals surface area contributed by atoms with E-state index in [9.17, 15) is 9.00 Å². The highest BCUT2D eigenvalue weighted by Gasteiger charge is 2.23. The van der Waals surface area contributed by atoms with Gasteiger partial charge in [0.2, 0.25) is 0 Å². The van der Waals surface area contributed by atoms with E-state index in [0.717, 1.165) is 0 Å². The van der Waals surface area contributed by atoms with Crippen LogP contribution in [0, 0.1) is 5.92 Å². The van der Waals surface area contributed by atoms with E-state index in [1.54, 1.807) is 0 Å². The van der Waals surface area contributed by atoms with Gasteiger partial charge in [-0.25, -0.2) is 0 Å². The SMILES string of the molecule is CC(C(=O)O)S(=O)COCC1CC1. The smallest absolute Gasteiger partial charge is 0.319 e. The van der Waals surface area contributed by atoms with Gasteiger partial charge in [-0.2, -0.15) is 0 Å². The topological polar surface area (TPSA) is 63.6 Å². The van der Waals surface area contributed by atoms with E-state index in [0.29, 0.717) is 12.5 Å². The average Bonchev–Trinajstić information content (AvgIpc) is 2.86. The molecule has 1 saturated carbocycles. The first-order valence-electron chi connectivity index (χ1n) is 4.29. The normalized spacial score (nSPS) is 21.0. The van der Waals surface area contributed by atoms with Crippen molar-refractivity contribution in [3.05, 3.63) is 0 Å². The van der Waals surface area contributed by atoms with Gasteiger partial charge in [-0.1, -0.05) is 0 Å². The highest BCUT2D eigenvalue weighted by Crippen LogP contribution is 2.28. The number of hydrogen-bond donors (Lipinski definition) is 1. The van der Waals surface area contributed by atoms with E-state index in [1.165, 1.54) is 19.8 Å². The van der Waals surface area contributed by atoms with E-state index in [-0.39, 0.29) is 5.94 Å². The van der Waals surface area contributed by atoms with Crippen molar-refractivity contribution in [1.82, 2.24) is 0 Å². The van der Waals surface area contributed by atoms with Crippen LogP contribution in [0.15, 0.2) is 0 Å². The van der Waals surface area contributed by atoms with Gasteiger partial charge in [-0.15, -0.1) is 0 Å². The molecule has 0 bridgehead atoms. The van der Waals surface area contributed by atoms with E-state index < -0.39 is 22.0 Å². The molecule has 76 valence electrons. The van der Waals surface area contributed by atoms with E-state index >= 15 is 0 Å². The van der Waals surface area contributed by atoms with Crippen LogP contribution in [0.2, 0.25) is 0 Å². The molecule has 5 heteroatoms. The maximum atomic E-state index is 11.2. The van der Waals surface area contributed by atoms with Gasteiger partial charge in [0.05, 0.1) is 17.4 Å². The maximum Gasteiger partial charge on any atom is 0.319 e. The molecule has 4 nitrogen and oxygen atoms in total. The second-order valence-electron chi connectivity index (χ2n) is 3.29. The number of aliphatic carboxylic acids is 1. The lowest BCUT2D eigenvalue weighted by Crippen LogP contribution is -2.24. The fourth-order valence-corrected chi connectivity index (χ4v) is 1.49. The van der Waals surface area contributed by atoms with Crippen LogP contribution >= 0.6 is 0 Å². The Balaban J connectivity index is 2.11. The van der Waals surface area contributed by atoms with Crippen molar-refractivity contribution in [3.63, 3.8) is 0 Å². The monoisotopic (exact) mass is 206 g/mol. The van der Waals surface area contributed by atoms with Crippen molar-refractivity contribution in [2.45, 2.75) is 25.0 Å². The summed E-state index contributed by atoms with van der Waals surface area (Å²) in [6, 6.07) is 0. The predicted molar refractivity (Wildman–Crippen MR) is 48.8 cm³/mol. The molecule has 0 spiro atoms. The number of carboxylic acids is 1. The van der Waals surface area contributed by atoms with Crippen LogP contribution < -0.4 is 0 Å². The first-order valence-corrected chi connectivity index (χ1v) is 5.67. The lowest BCUT2D eigenvalue weighted by molar-refractivity contribution is -0.136. The molecule has 0 aliphatic heterocycles. The summed E-state index contributed by atoms with van der Waals surface area (Å²) in [7, 11) is -1.41. The van der Waals surface area contributed by atoms with Gasteiger partial charge in [0, 0.05) is 0 Å². The van der Waals surface area contributed by atoms with Crippen molar-refractivity contribution in [2.24, 2.45) is 5.92 Å². The second-order valence-corrected chi connectivity index (χ2v) is 5.00. The van der Waals surface area contributed by atoms with Crippen molar-refractivity contribution in [1.29, 1.82) is 0 Å². The Bertz CT molecular complexity index is 212. The summed E-state index contributed by atoms with van der Waals surface area (Å²) >= 11 is 0. The zero-order valence-corrected chi connectivity index (χ0v) is 8.38. The van der Waals surface area contributed by atoms with Crippen molar-refractivity contribution < 1.29 is 18.8 Å². The minimum atomic E-state index is -1.41. The molecule has 0 heterocycles. The molecule has 13 heavy (non-hydrogen) atoms. The largest absolute Gasteiger partial charge is 0.480 e. The third kappa shape index (κ3) is 3.87. The van der Waals surface area contributed by atoms with Gasteiger partial charge in [0.15, 0.2) is 0 Å². The Labute approximate surface area is 79.7 Å². The Morgan fingerprint density at radius 1 is 1.69 bits per heavy atom. The van der Waals surface area contributed by atoms with E-state index in [4.69, 9.17) is 9.84 Å². The van der Waals surface area contributed by atoms with Crippen LogP contribution in [0.1, 0.15) is 19.8 Å². The number of rotatable bonds is 6. The zero-order chi connectivity index (χ0) is 9.84. The first-order chi connectivity index (χ1) is 6.11. The Kier molecular flexibility index (Phi) is 3.87. The Morgan fingerprint density at radius 3 is 2.77 bits per heavy atom. The summed E-state index contributed by atoms with van der Waals surface area (Å²) in [6.07, 6.45) is 2.36. The third-order valence-corrected chi connectivity index (χ3v) is 3.38. The highest BCUT2D eigenvalue weighted by molar-refractivity contribution is 7.86. The molecule has 2 unspecified atom stereocenters. The Hall–Kier alpha value is -0.420. The third-order valence-electron chi connectivity index (χ3n) is 1.99. The standard InChI is InChI=1S/C8H14O4S/c1-6(8(9)10)13(11)5-12-4-7-2-3-7/h6-7H,2-5H2,1H3,(H,9,10). The quantitative estimate of drug-likeness (QED) is 0.691. The van der Waals surface area contributed by atoms with Gasteiger partial charge in [-0.3, -0.25) is 9.00 Å². The van der Waals surface area contributed by atoms with Crippen LogP contribution in [-0.4, -0.2) is 33.1 Å². The maximum absolute atomic E-state index is 11.2. The molecule has 0 aromatic carbocycles. The fraction of sp³-hybridized carbons (Fsp3) is 0.875. The predicted octanol–water partition coefficient (Wildman–Crippen LogP) is 0.592. The van der Waals surface area contributed by atoms with E-state index in [2.05, 4.69) is 0 Å². The zero-order valence-electron chi connectivity index (χ0n) is 7.56. The minimum absolute atomic E-state index is 0.0456. The van der Waals surface area contributed by atoms with Gasteiger partial charge < -0.3 is 9.84 Å². The molecule has 1 fully saturated rings. The average molecular weight is 206 g/mol. The summed E-state index contributed by atoms with van der Waals surface area (Å²) in [5.74, 6) is -0.366. The molecule has 0 radical (unpaired) electrons. The molecule has 1 N–H and O–H groups in total. The summed E-state index contributed by atoms with van der Waals surface area (Å²) in [4.78, 5) is 10.4. The number of carbonyl (C=O) groups is 1. The number of ether oxygens (including phenoxy) is 1. The minimum Gasteiger partial charge on any atom is -0.480 e. The summed E-state index contributed by atoms with van der Waals surface area (Å²) < 4.78 is 16.3. The van der Waals surface area contributed by atoms with Crippen LogP contribution in [0.3, 0.4) is 0 Å². The molecule has 0 aromatic heterocycles. The molecule has 1 aliphatic rings. The highest BCUT2D eigenvalue weighted by atomic mass is 32.2. The summed E-state index contributed by atoms with van der Waals surface area (Å²) in [6.45, 7) is 2.05. The second kappa shape index (κ2) is 4.72. The number of carboxylic acid groups (broad SMARTS) is 1. The molecular formula is C8H14O4S. The molecule has 1 rings (SSSR count). The molecule has 1 aliphatic carbocycles. The first kappa shape index (κ1) is 10.7. The lowest BCUT2D eigenvalue weighted by atomic mass is 10.5. The van der Waals surface area contributed by atoms with Crippen molar-refractivity contribution >= 4 is 16.8 Å². The molecule has 2 atom stereocenters. The summed E-state index contributed by atoms with van der Waals surface area (Å²) in [5.41, 5.74) is 0. The van der Waals surface area contributed by atoms with Gasteiger partial charge in [-0.05, 0) is 25.7 Å². The summed E-state index contributed by atoms with van der Waals surface area (Å²) in [5, 5.41) is 7.69. The van der Waals surface area contributed by atoms with Gasteiger partial charge in [0.1, 0.15) is 11.2 Å². The van der Waals surface area contributed by atoms with E-state index in [1.807, 2.05) is 0 Å². The molecular weight excluding hydrogens is 192 g/mol. The Morgan fingerprint density at radius 2 is 2.31 bits per heavy atom. The van der Waals surface area contributed by atoms with Crippen LogP contribution in [0.4, 0.5) is 0 Å². The van der Waals surface area contributed by atoms with Gasteiger partial charge >= 0.3 is 5.97 Å². The number of hydrogen-bond acceptors (Lipinski definition) is 3. The molecule has 0 aromatic rings. The van der Waals surface area contributed by atoms with Crippen LogP contribution in [0.5, 0.6) is 0 Å². The van der Waals surface area contributed by atoms with Crippen molar-refractivity contribution in [3.8, 4) is 0 Å². The fourth-order valence-electron chi connectivity index (χ4n) is 0.796. The lowest BCUT2D eigenvalue weighted by Gasteiger charge is -2.06. The van der Waals surface area contributed by atoms with Crippen molar-refractivity contribution in [2.75, 3.05) is 12.5 Å². The molecule has 0 saturated heterocycles.